The standard InChI is InChI=1S/C9H18O7P2/c10-8-7-4-2-1-3-6(7)5-9(8,17(11,12)13)18(14,15)16/h6-8,10H,1-5H2,(H2,11,12,13)(H2,14,15,16). The average Bonchev–Trinajstić information content (AvgIpc) is 2.52. The second kappa shape index (κ2) is 4.38. The first kappa shape index (κ1) is 14.7. The molecule has 3 atom stereocenters. The van der Waals surface area contributed by atoms with Gasteiger partial charge >= 0.3 is 15.2 Å². The van der Waals surface area contributed by atoms with Gasteiger partial charge in [0.2, 0.25) is 0 Å². The van der Waals surface area contributed by atoms with Gasteiger partial charge in [-0.05, 0) is 24.7 Å². The van der Waals surface area contributed by atoms with E-state index in [2.05, 4.69) is 0 Å². The van der Waals surface area contributed by atoms with E-state index in [1.807, 2.05) is 0 Å². The van der Waals surface area contributed by atoms with Crippen LogP contribution in [0.2, 0.25) is 0 Å². The van der Waals surface area contributed by atoms with Gasteiger partial charge in [-0.25, -0.2) is 0 Å². The number of aliphatic hydroxyl groups excluding tert-OH is 1. The second-order valence-electron chi connectivity index (χ2n) is 5.32. The molecular formula is C9H18O7P2. The maximum atomic E-state index is 11.6. The van der Waals surface area contributed by atoms with Crippen LogP contribution in [0.5, 0.6) is 0 Å². The summed E-state index contributed by atoms with van der Waals surface area (Å²) in [6.45, 7) is 0. The topological polar surface area (TPSA) is 135 Å². The molecule has 0 amide bonds. The Kier molecular flexibility index (Phi) is 3.57. The Morgan fingerprint density at radius 3 is 1.89 bits per heavy atom. The van der Waals surface area contributed by atoms with Gasteiger partial charge in [-0.3, -0.25) is 9.13 Å². The highest BCUT2D eigenvalue weighted by atomic mass is 31.2. The monoisotopic (exact) mass is 300 g/mol. The average molecular weight is 300 g/mol. The van der Waals surface area contributed by atoms with E-state index in [9.17, 15) is 33.8 Å². The molecule has 0 spiro atoms. The summed E-state index contributed by atoms with van der Waals surface area (Å²) >= 11 is 0. The Morgan fingerprint density at radius 1 is 0.944 bits per heavy atom. The number of hydrogen-bond acceptors (Lipinski definition) is 3. The van der Waals surface area contributed by atoms with Crippen LogP contribution in [0.4, 0.5) is 0 Å². The Hall–Kier alpha value is 0.260. The fourth-order valence-electron chi connectivity index (χ4n) is 3.51. The van der Waals surface area contributed by atoms with Crippen LogP contribution in [0.3, 0.4) is 0 Å². The quantitative estimate of drug-likeness (QED) is 0.471. The summed E-state index contributed by atoms with van der Waals surface area (Å²) in [7, 11) is -10.2. The van der Waals surface area contributed by atoms with Crippen LogP contribution in [-0.2, 0) is 9.13 Å². The Bertz CT molecular complexity index is 403. The van der Waals surface area contributed by atoms with Gasteiger partial charge in [-0.2, -0.15) is 0 Å². The van der Waals surface area contributed by atoms with Crippen LogP contribution in [-0.4, -0.2) is 35.7 Å². The number of aliphatic hydroxyl groups is 1. The molecule has 106 valence electrons. The first-order chi connectivity index (χ1) is 8.11. The van der Waals surface area contributed by atoms with Crippen LogP contribution in [0.25, 0.3) is 0 Å². The molecule has 2 rings (SSSR count). The van der Waals surface area contributed by atoms with Crippen molar-refractivity contribution in [3.05, 3.63) is 0 Å². The van der Waals surface area contributed by atoms with E-state index in [1.165, 1.54) is 0 Å². The van der Waals surface area contributed by atoms with E-state index in [0.29, 0.717) is 12.8 Å². The van der Waals surface area contributed by atoms with E-state index < -0.39 is 32.1 Å². The highest BCUT2D eigenvalue weighted by Gasteiger charge is 2.71. The van der Waals surface area contributed by atoms with E-state index in [-0.39, 0.29) is 12.3 Å². The van der Waals surface area contributed by atoms with Gasteiger partial charge in [-0.1, -0.05) is 19.3 Å². The number of rotatable bonds is 2. The van der Waals surface area contributed by atoms with Crippen LogP contribution in [0.15, 0.2) is 0 Å². The first-order valence-corrected chi connectivity index (χ1v) is 9.13. The molecular weight excluding hydrogens is 282 g/mol. The largest absolute Gasteiger partial charge is 0.391 e. The fraction of sp³-hybridized carbons (Fsp3) is 1.00. The van der Waals surface area contributed by atoms with Gasteiger partial charge in [0.1, 0.15) is 0 Å². The molecule has 0 radical (unpaired) electrons. The van der Waals surface area contributed by atoms with E-state index in [0.717, 1.165) is 12.8 Å². The van der Waals surface area contributed by atoms with E-state index in [1.54, 1.807) is 0 Å². The molecule has 0 bridgehead atoms. The molecule has 9 heteroatoms. The minimum Gasteiger partial charge on any atom is -0.391 e. The molecule has 2 aliphatic carbocycles. The SMILES string of the molecule is O=P(O)(O)C1(P(=O)(O)O)CC2CCCCC2C1O. The van der Waals surface area contributed by atoms with E-state index >= 15 is 0 Å². The molecule has 2 aliphatic rings. The van der Waals surface area contributed by atoms with Crippen molar-refractivity contribution >= 4 is 15.2 Å². The Balaban J connectivity index is 2.50. The lowest BCUT2D eigenvalue weighted by Crippen LogP contribution is -2.40. The summed E-state index contributed by atoms with van der Waals surface area (Å²) in [6.07, 6.45) is 0.970. The normalized spacial score (nSPS) is 36.4. The molecule has 0 aromatic carbocycles. The number of hydrogen-bond donors (Lipinski definition) is 5. The van der Waals surface area contributed by atoms with Crippen LogP contribution in [0, 0.1) is 11.8 Å². The third-order valence-electron chi connectivity index (χ3n) is 4.42. The highest BCUT2D eigenvalue weighted by Crippen LogP contribution is 2.77. The lowest BCUT2D eigenvalue weighted by Gasteiger charge is -2.34. The predicted molar refractivity (Wildman–Crippen MR) is 62.9 cm³/mol. The van der Waals surface area contributed by atoms with Crippen molar-refractivity contribution in [3.63, 3.8) is 0 Å². The van der Waals surface area contributed by atoms with Crippen molar-refractivity contribution < 1.29 is 33.8 Å². The zero-order valence-corrected chi connectivity index (χ0v) is 11.5. The Morgan fingerprint density at radius 2 is 1.44 bits per heavy atom. The van der Waals surface area contributed by atoms with Gasteiger partial charge in [0.05, 0.1) is 6.10 Å². The molecule has 0 heterocycles. The molecule has 5 N–H and O–H groups in total. The summed E-state index contributed by atoms with van der Waals surface area (Å²) in [4.78, 5) is 34.9. The van der Waals surface area contributed by atoms with Gasteiger partial charge < -0.3 is 24.7 Å². The fourth-order valence-corrected chi connectivity index (χ4v) is 6.88. The van der Waals surface area contributed by atoms with Crippen molar-refractivity contribution in [1.82, 2.24) is 0 Å². The zero-order chi connectivity index (χ0) is 13.8. The summed E-state index contributed by atoms with van der Waals surface area (Å²) in [5, 5.41) is 10.1. The van der Waals surface area contributed by atoms with Crippen LogP contribution < -0.4 is 0 Å². The lowest BCUT2D eigenvalue weighted by atomic mass is 9.81. The molecule has 0 aromatic heterocycles. The van der Waals surface area contributed by atoms with Gasteiger partial charge in [-0.15, -0.1) is 0 Å². The van der Waals surface area contributed by atoms with Crippen molar-refractivity contribution in [2.24, 2.45) is 11.8 Å². The van der Waals surface area contributed by atoms with Gasteiger partial charge in [0.25, 0.3) is 0 Å². The van der Waals surface area contributed by atoms with Crippen LogP contribution >= 0.6 is 15.2 Å². The molecule has 0 aliphatic heterocycles. The van der Waals surface area contributed by atoms with Crippen molar-refractivity contribution in [1.29, 1.82) is 0 Å². The Labute approximate surface area is 105 Å². The summed E-state index contributed by atoms with van der Waals surface area (Å²) < 4.78 is 23.2. The molecule has 2 saturated carbocycles. The maximum absolute atomic E-state index is 11.6. The van der Waals surface area contributed by atoms with Gasteiger partial charge in [0.15, 0.2) is 4.90 Å². The third-order valence-corrected chi connectivity index (χ3v) is 8.89. The molecule has 3 unspecified atom stereocenters. The second-order valence-corrected chi connectivity index (χ2v) is 9.45. The minimum atomic E-state index is -5.11. The summed E-state index contributed by atoms with van der Waals surface area (Å²) in [5.74, 6) is -0.631. The maximum Gasteiger partial charge on any atom is 0.346 e. The van der Waals surface area contributed by atoms with Crippen LogP contribution in [0.1, 0.15) is 32.1 Å². The molecule has 2 fully saturated rings. The van der Waals surface area contributed by atoms with E-state index in [4.69, 9.17) is 0 Å². The zero-order valence-electron chi connectivity index (χ0n) is 9.71. The van der Waals surface area contributed by atoms with Crippen molar-refractivity contribution in [3.8, 4) is 0 Å². The highest BCUT2D eigenvalue weighted by molar-refractivity contribution is 7.72. The number of fused-ring (bicyclic) bond motifs is 1. The lowest BCUT2D eigenvalue weighted by molar-refractivity contribution is 0.0810. The van der Waals surface area contributed by atoms with Gasteiger partial charge in [0, 0.05) is 0 Å². The van der Waals surface area contributed by atoms with Crippen molar-refractivity contribution in [2.75, 3.05) is 0 Å². The summed E-state index contributed by atoms with van der Waals surface area (Å²) in [6, 6.07) is 0. The predicted octanol–water partition coefficient (Wildman–Crippen LogP) is 0.609. The third kappa shape index (κ3) is 1.93. The summed E-state index contributed by atoms with van der Waals surface area (Å²) in [5.41, 5.74) is 0. The van der Waals surface area contributed by atoms with Crippen molar-refractivity contribution in [2.45, 2.75) is 43.1 Å². The molecule has 18 heavy (non-hydrogen) atoms. The first-order valence-electron chi connectivity index (χ1n) is 5.90. The molecule has 0 saturated heterocycles. The molecule has 7 nitrogen and oxygen atoms in total. The molecule has 0 aromatic rings. The smallest absolute Gasteiger partial charge is 0.346 e. The minimum absolute atomic E-state index is 0.214.